The van der Waals surface area contributed by atoms with Crippen LogP contribution in [0.5, 0.6) is 0 Å². The van der Waals surface area contributed by atoms with Gasteiger partial charge >= 0.3 is 0 Å². The lowest BCUT2D eigenvalue weighted by Gasteiger charge is -2.01. The molecular formula is C18H17N3OS. The Labute approximate surface area is 138 Å². The van der Waals surface area contributed by atoms with Crippen molar-refractivity contribution in [2.24, 2.45) is 0 Å². The third-order valence-electron chi connectivity index (χ3n) is 4.10. The minimum Gasteiger partial charge on any atom is -0.310 e. The number of carbonyl (C=O) groups excluding carboxylic acids is 1. The number of aromatic nitrogens is 3. The highest BCUT2D eigenvalue weighted by molar-refractivity contribution is 7.12. The summed E-state index contributed by atoms with van der Waals surface area (Å²) in [6.07, 6.45) is 1.02. The summed E-state index contributed by atoms with van der Waals surface area (Å²) in [7, 11) is 0. The number of carbonyl (C=O) groups is 1. The molecule has 0 aliphatic carbocycles. The van der Waals surface area contributed by atoms with E-state index in [4.69, 9.17) is 4.98 Å². The first-order valence-corrected chi connectivity index (χ1v) is 8.64. The second-order valence-corrected chi connectivity index (χ2v) is 6.58. The van der Waals surface area contributed by atoms with E-state index in [2.05, 4.69) is 23.6 Å². The molecule has 0 amide bonds. The molecule has 0 N–H and O–H groups in total. The summed E-state index contributed by atoms with van der Waals surface area (Å²) in [5.74, 6) is 0.898. The quantitative estimate of drug-likeness (QED) is 0.525. The number of thiophene rings is 1. The van der Waals surface area contributed by atoms with Crippen molar-refractivity contribution in [3.05, 3.63) is 58.0 Å². The van der Waals surface area contributed by atoms with Gasteiger partial charge in [-0.05, 0) is 36.9 Å². The Kier molecular flexibility index (Phi) is 3.31. The standard InChI is InChI=1S/C18H17N3OS/c1-3-10-20-13-7-4-5-8-14(13)21-16(12(2)19-18(20)21)17(22)15-9-6-11-23-15/h4-9,11H,3,10H2,1-2H3. The molecule has 0 radical (unpaired) electrons. The van der Waals surface area contributed by atoms with Crippen LogP contribution >= 0.6 is 11.3 Å². The van der Waals surface area contributed by atoms with E-state index < -0.39 is 0 Å². The van der Waals surface area contributed by atoms with Gasteiger partial charge in [-0.2, -0.15) is 0 Å². The zero-order valence-electron chi connectivity index (χ0n) is 13.1. The molecule has 4 nitrogen and oxygen atoms in total. The Balaban J connectivity index is 2.08. The van der Waals surface area contributed by atoms with Crippen LogP contribution in [0.2, 0.25) is 0 Å². The average molecular weight is 323 g/mol. The van der Waals surface area contributed by atoms with Crippen molar-refractivity contribution in [1.29, 1.82) is 0 Å². The van der Waals surface area contributed by atoms with E-state index in [9.17, 15) is 4.79 Å². The van der Waals surface area contributed by atoms with Gasteiger partial charge in [-0.15, -0.1) is 11.3 Å². The summed E-state index contributed by atoms with van der Waals surface area (Å²) < 4.78 is 4.22. The number of para-hydroxylation sites is 2. The van der Waals surface area contributed by atoms with Gasteiger partial charge in [0.05, 0.1) is 21.6 Å². The molecule has 23 heavy (non-hydrogen) atoms. The van der Waals surface area contributed by atoms with Crippen molar-refractivity contribution in [3.63, 3.8) is 0 Å². The van der Waals surface area contributed by atoms with Crippen LogP contribution in [0.1, 0.15) is 34.4 Å². The minimum atomic E-state index is 0.0457. The van der Waals surface area contributed by atoms with Gasteiger partial charge in [0.1, 0.15) is 5.69 Å². The van der Waals surface area contributed by atoms with E-state index in [0.717, 1.165) is 40.3 Å². The monoisotopic (exact) mass is 323 g/mol. The molecule has 0 saturated carbocycles. The molecule has 1 aromatic carbocycles. The number of aryl methyl sites for hydroxylation is 2. The Morgan fingerprint density at radius 3 is 2.65 bits per heavy atom. The molecule has 0 atom stereocenters. The van der Waals surface area contributed by atoms with Crippen LogP contribution in [-0.2, 0) is 6.54 Å². The molecule has 0 aliphatic heterocycles. The number of fused-ring (bicyclic) bond motifs is 3. The third-order valence-corrected chi connectivity index (χ3v) is 4.96. The smallest absolute Gasteiger partial charge is 0.221 e. The van der Waals surface area contributed by atoms with Crippen LogP contribution in [0.25, 0.3) is 16.8 Å². The topological polar surface area (TPSA) is 39.3 Å². The first kappa shape index (κ1) is 14.2. The van der Waals surface area contributed by atoms with Gasteiger partial charge in [0.2, 0.25) is 11.6 Å². The third kappa shape index (κ3) is 2.04. The van der Waals surface area contributed by atoms with E-state index >= 15 is 0 Å². The maximum absolute atomic E-state index is 13.0. The lowest BCUT2D eigenvalue weighted by molar-refractivity contribution is 0.103. The van der Waals surface area contributed by atoms with Gasteiger partial charge in [0.15, 0.2) is 0 Å². The first-order chi connectivity index (χ1) is 11.2. The van der Waals surface area contributed by atoms with Crippen molar-refractivity contribution >= 4 is 33.9 Å². The highest BCUT2D eigenvalue weighted by atomic mass is 32.1. The van der Waals surface area contributed by atoms with E-state index in [1.54, 1.807) is 0 Å². The molecule has 0 fully saturated rings. The minimum absolute atomic E-state index is 0.0457. The van der Waals surface area contributed by atoms with E-state index in [0.29, 0.717) is 5.69 Å². The summed E-state index contributed by atoms with van der Waals surface area (Å²) in [6.45, 7) is 4.96. The number of nitrogens with zero attached hydrogens (tertiary/aromatic N) is 3. The zero-order chi connectivity index (χ0) is 16.0. The summed E-state index contributed by atoms with van der Waals surface area (Å²) in [5, 5.41) is 1.93. The van der Waals surface area contributed by atoms with Crippen LogP contribution in [0, 0.1) is 6.92 Å². The van der Waals surface area contributed by atoms with Crippen molar-refractivity contribution in [1.82, 2.24) is 14.0 Å². The summed E-state index contributed by atoms with van der Waals surface area (Å²) in [5.41, 5.74) is 3.62. The molecule has 0 spiro atoms. The van der Waals surface area contributed by atoms with Crippen LogP contribution < -0.4 is 0 Å². The van der Waals surface area contributed by atoms with Gasteiger partial charge in [-0.1, -0.05) is 25.1 Å². The highest BCUT2D eigenvalue weighted by Crippen LogP contribution is 2.27. The van der Waals surface area contributed by atoms with Crippen molar-refractivity contribution in [3.8, 4) is 0 Å². The zero-order valence-corrected chi connectivity index (χ0v) is 13.9. The Bertz CT molecular complexity index is 1010. The number of imidazole rings is 2. The van der Waals surface area contributed by atoms with Crippen LogP contribution in [0.3, 0.4) is 0 Å². The summed E-state index contributed by atoms with van der Waals surface area (Å²) in [6, 6.07) is 12.0. The van der Waals surface area contributed by atoms with Crippen LogP contribution in [0.4, 0.5) is 0 Å². The number of ketones is 1. The summed E-state index contributed by atoms with van der Waals surface area (Å²) >= 11 is 1.47. The molecule has 0 bridgehead atoms. The number of rotatable bonds is 4. The molecule has 0 aliphatic rings. The first-order valence-electron chi connectivity index (χ1n) is 7.77. The fourth-order valence-corrected chi connectivity index (χ4v) is 3.81. The Morgan fingerprint density at radius 1 is 1.17 bits per heavy atom. The molecular weight excluding hydrogens is 306 g/mol. The molecule has 3 heterocycles. The predicted molar refractivity (Wildman–Crippen MR) is 93.5 cm³/mol. The van der Waals surface area contributed by atoms with Gasteiger partial charge in [-0.25, -0.2) is 4.98 Å². The Morgan fingerprint density at radius 2 is 1.96 bits per heavy atom. The fraction of sp³-hybridized carbons (Fsp3) is 0.222. The highest BCUT2D eigenvalue weighted by Gasteiger charge is 2.23. The predicted octanol–water partition coefficient (Wildman–Crippen LogP) is 4.30. The van der Waals surface area contributed by atoms with Gasteiger partial charge in [0.25, 0.3) is 0 Å². The normalized spacial score (nSPS) is 11.6. The molecule has 5 heteroatoms. The van der Waals surface area contributed by atoms with Crippen molar-refractivity contribution in [2.75, 3.05) is 0 Å². The van der Waals surface area contributed by atoms with Gasteiger partial charge in [0, 0.05) is 6.54 Å². The molecule has 4 aromatic rings. The number of hydrogen-bond acceptors (Lipinski definition) is 3. The fourth-order valence-electron chi connectivity index (χ4n) is 3.15. The molecule has 116 valence electrons. The van der Waals surface area contributed by atoms with Crippen molar-refractivity contribution in [2.45, 2.75) is 26.8 Å². The lowest BCUT2D eigenvalue weighted by Crippen LogP contribution is -2.04. The second-order valence-electron chi connectivity index (χ2n) is 5.63. The van der Waals surface area contributed by atoms with E-state index in [1.165, 1.54) is 11.3 Å². The number of hydrogen-bond donors (Lipinski definition) is 0. The lowest BCUT2D eigenvalue weighted by atomic mass is 10.2. The van der Waals surface area contributed by atoms with Crippen LogP contribution in [0.15, 0.2) is 41.8 Å². The molecule has 4 rings (SSSR count). The van der Waals surface area contributed by atoms with Crippen LogP contribution in [-0.4, -0.2) is 19.7 Å². The maximum atomic E-state index is 13.0. The Hall–Kier alpha value is -2.40. The average Bonchev–Trinajstić information content (AvgIpc) is 3.25. The summed E-state index contributed by atoms with van der Waals surface area (Å²) in [4.78, 5) is 18.4. The van der Waals surface area contributed by atoms with Gasteiger partial charge in [-0.3, -0.25) is 9.20 Å². The molecule has 3 aromatic heterocycles. The van der Waals surface area contributed by atoms with E-state index in [-0.39, 0.29) is 5.78 Å². The second kappa shape index (κ2) is 5.35. The maximum Gasteiger partial charge on any atom is 0.221 e. The van der Waals surface area contributed by atoms with Crippen molar-refractivity contribution < 1.29 is 4.79 Å². The number of benzene rings is 1. The van der Waals surface area contributed by atoms with E-state index in [1.807, 2.05) is 41.0 Å². The molecule has 0 unspecified atom stereocenters. The SMILES string of the molecule is CCCn1c2ccccc2n2c(C(=O)c3cccs3)c(C)nc12. The molecule has 0 saturated heterocycles. The largest absolute Gasteiger partial charge is 0.310 e. The van der Waals surface area contributed by atoms with Gasteiger partial charge < -0.3 is 4.57 Å².